The fourth-order valence-corrected chi connectivity index (χ4v) is 1.23. The lowest BCUT2D eigenvalue weighted by atomic mass is 10.0. The maximum absolute atomic E-state index is 11.0. The molecular weight excluding hydrogens is 234 g/mol. The smallest absolute Gasteiger partial charge is 0.307 e. The maximum Gasteiger partial charge on any atom is 0.307 e. The summed E-state index contributed by atoms with van der Waals surface area (Å²) in [6.45, 7) is 0. The summed E-state index contributed by atoms with van der Waals surface area (Å²) in [5.41, 5.74) is 6.71. The van der Waals surface area contributed by atoms with Crippen LogP contribution in [0.2, 0.25) is 0 Å². The van der Waals surface area contributed by atoms with E-state index in [1.165, 1.54) is 7.11 Å². The van der Waals surface area contributed by atoms with Crippen molar-refractivity contribution in [1.29, 1.82) is 0 Å². The first-order valence-electron chi connectivity index (χ1n) is 5.45. The van der Waals surface area contributed by atoms with E-state index in [0.717, 1.165) is 11.3 Å². The molecule has 0 radical (unpaired) electrons. The number of esters is 1. The second kappa shape index (κ2) is 9.44. The molecule has 0 heterocycles. The Hall–Kier alpha value is -1.59. The molecule has 1 atom stereocenters. The summed E-state index contributed by atoms with van der Waals surface area (Å²) in [7, 11) is 6.20. The number of ether oxygens (including phenoxy) is 3. The van der Waals surface area contributed by atoms with Gasteiger partial charge in [-0.2, -0.15) is 0 Å². The number of hydrogen-bond donors (Lipinski definition) is 1. The van der Waals surface area contributed by atoms with Crippen LogP contribution >= 0.6 is 0 Å². The van der Waals surface area contributed by atoms with E-state index in [4.69, 9.17) is 10.5 Å². The molecule has 0 saturated heterocycles. The first kappa shape index (κ1) is 16.4. The Morgan fingerprint density at radius 1 is 1.17 bits per heavy atom. The van der Waals surface area contributed by atoms with E-state index in [-0.39, 0.29) is 18.4 Å². The number of nitrogens with two attached hydrogens (primary N) is 1. The zero-order valence-electron chi connectivity index (χ0n) is 11.3. The van der Waals surface area contributed by atoms with Crippen LogP contribution in [0.3, 0.4) is 0 Å². The van der Waals surface area contributed by atoms with Gasteiger partial charge in [0, 0.05) is 20.3 Å². The quantitative estimate of drug-likeness (QED) is 0.826. The van der Waals surface area contributed by atoms with Crippen molar-refractivity contribution in [2.24, 2.45) is 5.73 Å². The topological polar surface area (TPSA) is 70.8 Å². The first-order chi connectivity index (χ1) is 8.58. The lowest BCUT2D eigenvalue weighted by molar-refractivity contribution is -0.141. The summed E-state index contributed by atoms with van der Waals surface area (Å²) in [6, 6.07) is 6.97. The van der Waals surface area contributed by atoms with Crippen LogP contribution in [-0.4, -0.2) is 34.4 Å². The highest BCUT2D eigenvalue weighted by atomic mass is 16.5. The molecule has 102 valence electrons. The minimum atomic E-state index is -0.330. The van der Waals surface area contributed by atoms with Crippen molar-refractivity contribution in [2.75, 3.05) is 28.4 Å². The predicted molar refractivity (Wildman–Crippen MR) is 69.5 cm³/mol. The Kier molecular flexibility index (Phi) is 8.61. The fraction of sp³-hybridized carbons (Fsp3) is 0.462. The van der Waals surface area contributed by atoms with E-state index in [0.29, 0.717) is 0 Å². The molecule has 0 aliphatic rings. The number of rotatable bonds is 4. The molecule has 0 spiro atoms. The third kappa shape index (κ3) is 6.22. The van der Waals surface area contributed by atoms with Gasteiger partial charge in [0.2, 0.25) is 0 Å². The largest absolute Gasteiger partial charge is 0.497 e. The fourth-order valence-electron chi connectivity index (χ4n) is 1.23. The van der Waals surface area contributed by atoms with Gasteiger partial charge < -0.3 is 19.9 Å². The summed E-state index contributed by atoms with van der Waals surface area (Å²) < 4.78 is 13.8. The van der Waals surface area contributed by atoms with Crippen LogP contribution in [-0.2, 0) is 14.3 Å². The Labute approximate surface area is 108 Å². The standard InChI is InChI=1S/C11H15NO3.C2H6O/c1-14-9-5-3-8(4-6-9)10(12)7-11(13)15-2;1-3-2/h3-6,10H,7,12H2,1-2H3;1-2H3. The SMILES string of the molecule is COC.COC(=O)CC(N)c1ccc(OC)cc1. The van der Waals surface area contributed by atoms with E-state index in [1.807, 2.05) is 24.3 Å². The minimum Gasteiger partial charge on any atom is -0.497 e. The van der Waals surface area contributed by atoms with Crippen molar-refractivity contribution in [3.63, 3.8) is 0 Å². The second-order valence-electron chi connectivity index (χ2n) is 3.57. The molecule has 0 amide bonds. The number of carbonyl (C=O) groups is 1. The van der Waals surface area contributed by atoms with Crippen LogP contribution < -0.4 is 10.5 Å². The molecular formula is C13H21NO4. The van der Waals surface area contributed by atoms with Crippen molar-refractivity contribution in [3.05, 3.63) is 29.8 Å². The van der Waals surface area contributed by atoms with Crippen molar-refractivity contribution >= 4 is 5.97 Å². The molecule has 0 bridgehead atoms. The van der Waals surface area contributed by atoms with E-state index in [2.05, 4.69) is 9.47 Å². The molecule has 1 aromatic carbocycles. The van der Waals surface area contributed by atoms with Crippen molar-refractivity contribution in [3.8, 4) is 5.75 Å². The zero-order chi connectivity index (χ0) is 14.0. The number of carbonyl (C=O) groups excluding carboxylic acids is 1. The lowest BCUT2D eigenvalue weighted by Crippen LogP contribution is -2.16. The van der Waals surface area contributed by atoms with Crippen LogP contribution in [0.5, 0.6) is 5.75 Å². The molecule has 0 fully saturated rings. The van der Waals surface area contributed by atoms with Gasteiger partial charge in [0.1, 0.15) is 5.75 Å². The lowest BCUT2D eigenvalue weighted by Gasteiger charge is -2.10. The summed E-state index contributed by atoms with van der Waals surface area (Å²) in [5, 5.41) is 0. The summed E-state index contributed by atoms with van der Waals surface area (Å²) in [4.78, 5) is 11.0. The number of benzene rings is 1. The average Bonchev–Trinajstić information content (AvgIpc) is 2.39. The van der Waals surface area contributed by atoms with Crippen LogP contribution in [0.15, 0.2) is 24.3 Å². The predicted octanol–water partition coefficient (Wildman–Crippen LogP) is 1.52. The van der Waals surface area contributed by atoms with Gasteiger partial charge in [-0.3, -0.25) is 4.79 Å². The number of methoxy groups -OCH3 is 3. The van der Waals surface area contributed by atoms with Crippen LogP contribution in [0.25, 0.3) is 0 Å². The Balaban J connectivity index is 0.000000873. The van der Waals surface area contributed by atoms with E-state index in [1.54, 1.807) is 21.3 Å². The molecule has 1 aromatic rings. The van der Waals surface area contributed by atoms with Gasteiger partial charge in [0.15, 0.2) is 0 Å². The van der Waals surface area contributed by atoms with Gasteiger partial charge in [-0.25, -0.2) is 0 Å². The monoisotopic (exact) mass is 255 g/mol. The Morgan fingerprint density at radius 2 is 1.67 bits per heavy atom. The van der Waals surface area contributed by atoms with Gasteiger partial charge in [0.25, 0.3) is 0 Å². The molecule has 0 aliphatic heterocycles. The van der Waals surface area contributed by atoms with E-state index in [9.17, 15) is 4.79 Å². The van der Waals surface area contributed by atoms with E-state index < -0.39 is 0 Å². The summed E-state index contributed by atoms with van der Waals surface area (Å²) in [6.07, 6.45) is 0.183. The maximum atomic E-state index is 11.0. The van der Waals surface area contributed by atoms with Gasteiger partial charge in [-0.05, 0) is 17.7 Å². The average molecular weight is 255 g/mol. The summed E-state index contributed by atoms with van der Waals surface area (Å²) in [5.74, 6) is 0.460. The van der Waals surface area contributed by atoms with Crippen LogP contribution in [0, 0.1) is 0 Å². The van der Waals surface area contributed by atoms with Gasteiger partial charge in [-0.15, -0.1) is 0 Å². The molecule has 1 unspecified atom stereocenters. The van der Waals surface area contributed by atoms with Crippen molar-refractivity contribution in [1.82, 2.24) is 0 Å². The van der Waals surface area contributed by atoms with Crippen LogP contribution in [0.4, 0.5) is 0 Å². The highest BCUT2D eigenvalue weighted by Gasteiger charge is 2.11. The summed E-state index contributed by atoms with van der Waals surface area (Å²) >= 11 is 0. The Bertz CT molecular complexity index is 337. The van der Waals surface area contributed by atoms with Crippen LogP contribution in [0.1, 0.15) is 18.0 Å². The molecule has 1 rings (SSSR count). The minimum absolute atomic E-state index is 0.183. The third-order valence-corrected chi connectivity index (χ3v) is 2.16. The molecule has 0 aromatic heterocycles. The Morgan fingerprint density at radius 3 is 2.06 bits per heavy atom. The third-order valence-electron chi connectivity index (χ3n) is 2.16. The van der Waals surface area contributed by atoms with E-state index >= 15 is 0 Å². The molecule has 0 aliphatic carbocycles. The van der Waals surface area contributed by atoms with Crippen molar-refractivity contribution in [2.45, 2.75) is 12.5 Å². The number of hydrogen-bond acceptors (Lipinski definition) is 5. The normalized spacial score (nSPS) is 10.9. The molecule has 5 heteroatoms. The van der Waals surface area contributed by atoms with Gasteiger partial charge >= 0.3 is 5.97 Å². The zero-order valence-corrected chi connectivity index (χ0v) is 11.3. The van der Waals surface area contributed by atoms with Gasteiger partial charge in [-0.1, -0.05) is 12.1 Å². The second-order valence-corrected chi connectivity index (χ2v) is 3.57. The molecule has 2 N–H and O–H groups in total. The molecule has 18 heavy (non-hydrogen) atoms. The molecule has 0 saturated carbocycles. The highest BCUT2D eigenvalue weighted by molar-refractivity contribution is 5.70. The first-order valence-corrected chi connectivity index (χ1v) is 5.45. The highest BCUT2D eigenvalue weighted by Crippen LogP contribution is 2.18. The molecule has 5 nitrogen and oxygen atoms in total. The van der Waals surface area contributed by atoms with Crippen molar-refractivity contribution < 1.29 is 19.0 Å². The van der Waals surface area contributed by atoms with Gasteiger partial charge in [0.05, 0.1) is 20.6 Å².